The summed E-state index contributed by atoms with van der Waals surface area (Å²) in [6.45, 7) is 0. The molecule has 1 nitrogen and oxygen atoms in total. The lowest BCUT2D eigenvalue weighted by molar-refractivity contribution is 1.47. The molecule has 3 heteroatoms. The van der Waals surface area contributed by atoms with E-state index in [0.29, 0.717) is 5.56 Å². The number of nitriles is 1. The topological polar surface area (TPSA) is 23.8 Å². The Morgan fingerprint density at radius 2 is 1.07 bits per heavy atom. The van der Waals surface area contributed by atoms with Gasteiger partial charge in [-0.25, -0.2) is 0 Å². The number of thiophene rings is 2. The third-order valence-electron chi connectivity index (χ3n) is 7.74. The van der Waals surface area contributed by atoms with Gasteiger partial charge in [0.2, 0.25) is 0 Å². The number of benzene rings is 6. The van der Waals surface area contributed by atoms with Gasteiger partial charge in [-0.05, 0) is 47.0 Å². The fourth-order valence-corrected chi connectivity index (χ4v) is 8.31. The van der Waals surface area contributed by atoms with Crippen LogP contribution in [0.15, 0.2) is 127 Å². The highest BCUT2D eigenvalue weighted by Gasteiger charge is 2.20. The highest BCUT2D eigenvalue weighted by Crippen LogP contribution is 2.46. The second-order valence-corrected chi connectivity index (χ2v) is 12.1. The zero-order valence-corrected chi connectivity index (χ0v) is 23.0. The van der Waals surface area contributed by atoms with Crippen LogP contribution in [0.3, 0.4) is 0 Å². The second kappa shape index (κ2) is 9.17. The summed E-state index contributed by atoms with van der Waals surface area (Å²) in [6, 6.07) is 47.7. The second-order valence-electron chi connectivity index (χ2n) is 9.98. The van der Waals surface area contributed by atoms with Gasteiger partial charge in [0, 0.05) is 57.0 Å². The maximum atomic E-state index is 10.6. The molecule has 0 amide bonds. The quantitative estimate of drug-likeness (QED) is 0.217. The van der Waals surface area contributed by atoms with Crippen molar-refractivity contribution in [1.29, 1.82) is 5.26 Å². The Morgan fingerprint density at radius 3 is 1.90 bits per heavy atom. The summed E-state index contributed by atoms with van der Waals surface area (Å²) in [5, 5.41) is 15.7. The van der Waals surface area contributed by atoms with Crippen LogP contribution in [0.4, 0.5) is 0 Å². The largest absolute Gasteiger partial charge is 0.192 e. The molecule has 0 aliphatic rings. The van der Waals surface area contributed by atoms with E-state index in [4.69, 9.17) is 0 Å². The molecule has 6 aromatic carbocycles. The van der Waals surface area contributed by atoms with Gasteiger partial charge in [0.1, 0.15) is 6.07 Å². The van der Waals surface area contributed by atoms with E-state index < -0.39 is 0 Å². The van der Waals surface area contributed by atoms with Crippen molar-refractivity contribution in [2.75, 3.05) is 0 Å². The molecule has 0 aliphatic carbocycles. The van der Waals surface area contributed by atoms with E-state index in [1.54, 1.807) is 11.3 Å². The molecule has 0 N–H and O–H groups in total. The molecule has 2 aromatic heterocycles. The van der Waals surface area contributed by atoms with E-state index in [1.807, 2.05) is 29.5 Å². The molecule has 8 aromatic rings. The van der Waals surface area contributed by atoms with Crippen molar-refractivity contribution >= 4 is 63.0 Å². The molecule has 0 saturated heterocycles. The first-order valence-electron chi connectivity index (χ1n) is 13.2. The molecular weight excluding hydrogens is 523 g/mol. The Kier molecular flexibility index (Phi) is 5.31. The Bertz CT molecular complexity index is 2280. The van der Waals surface area contributed by atoms with Crippen LogP contribution in [0.2, 0.25) is 0 Å². The van der Waals surface area contributed by atoms with Crippen LogP contribution in [0.25, 0.3) is 73.7 Å². The van der Waals surface area contributed by atoms with Crippen LogP contribution in [0.1, 0.15) is 5.56 Å². The maximum absolute atomic E-state index is 10.6. The lowest BCUT2D eigenvalue weighted by atomic mass is 9.87. The standard InChI is InChI=1S/C37H21NS2/c38-22-32-30(23-10-2-1-3-11-23)20-24(25-14-9-19-35-36(25)29-13-5-7-18-34(29)39-35)21-31(32)28-16-8-15-27-26-12-4-6-17-33(26)40-37(27)28/h1-21H. The average molecular weight is 544 g/mol. The van der Waals surface area contributed by atoms with E-state index in [-0.39, 0.29) is 0 Å². The summed E-state index contributed by atoms with van der Waals surface area (Å²) >= 11 is 3.64. The highest BCUT2D eigenvalue weighted by atomic mass is 32.1. The van der Waals surface area contributed by atoms with Gasteiger partial charge < -0.3 is 0 Å². The van der Waals surface area contributed by atoms with Crippen molar-refractivity contribution in [1.82, 2.24) is 0 Å². The molecule has 0 spiro atoms. The van der Waals surface area contributed by atoms with Crippen LogP contribution < -0.4 is 0 Å². The van der Waals surface area contributed by atoms with Gasteiger partial charge >= 0.3 is 0 Å². The molecule has 40 heavy (non-hydrogen) atoms. The maximum Gasteiger partial charge on any atom is 0.100 e. The zero-order chi connectivity index (χ0) is 26.6. The van der Waals surface area contributed by atoms with Gasteiger partial charge in [-0.1, -0.05) is 97.1 Å². The summed E-state index contributed by atoms with van der Waals surface area (Å²) < 4.78 is 5.04. The van der Waals surface area contributed by atoms with Crippen molar-refractivity contribution in [2.24, 2.45) is 0 Å². The van der Waals surface area contributed by atoms with Crippen LogP contribution in [-0.4, -0.2) is 0 Å². The molecule has 0 unspecified atom stereocenters. The van der Waals surface area contributed by atoms with E-state index in [1.165, 1.54) is 45.9 Å². The Hall–Kier alpha value is -4.75. The van der Waals surface area contributed by atoms with Crippen LogP contribution in [-0.2, 0) is 0 Å². The summed E-state index contributed by atoms with van der Waals surface area (Å²) in [6.07, 6.45) is 0. The fraction of sp³-hybridized carbons (Fsp3) is 0. The van der Waals surface area contributed by atoms with Crippen molar-refractivity contribution in [3.05, 3.63) is 133 Å². The average Bonchev–Trinajstić information content (AvgIpc) is 3.59. The number of fused-ring (bicyclic) bond motifs is 6. The van der Waals surface area contributed by atoms with E-state index >= 15 is 0 Å². The van der Waals surface area contributed by atoms with E-state index in [2.05, 4.69) is 115 Å². The molecule has 186 valence electrons. The van der Waals surface area contributed by atoms with Gasteiger partial charge in [0.05, 0.1) is 5.56 Å². The Balaban J connectivity index is 1.50. The Morgan fingerprint density at radius 1 is 0.450 bits per heavy atom. The smallest absolute Gasteiger partial charge is 0.100 e. The molecule has 0 saturated carbocycles. The molecule has 0 atom stereocenters. The van der Waals surface area contributed by atoms with Gasteiger partial charge in [0.15, 0.2) is 0 Å². The normalized spacial score (nSPS) is 11.5. The van der Waals surface area contributed by atoms with Crippen molar-refractivity contribution < 1.29 is 0 Å². The number of hydrogen-bond acceptors (Lipinski definition) is 3. The lowest BCUT2D eigenvalue weighted by Crippen LogP contribution is -1.93. The summed E-state index contributed by atoms with van der Waals surface area (Å²) in [4.78, 5) is 0. The van der Waals surface area contributed by atoms with Crippen LogP contribution in [0.5, 0.6) is 0 Å². The van der Waals surface area contributed by atoms with Crippen LogP contribution in [0, 0.1) is 11.3 Å². The minimum atomic E-state index is 0.710. The monoisotopic (exact) mass is 543 g/mol. The predicted octanol–water partition coefficient (Wildman–Crippen LogP) is 11.3. The lowest BCUT2D eigenvalue weighted by Gasteiger charge is -2.15. The molecule has 0 bridgehead atoms. The van der Waals surface area contributed by atoms with Crippen molar-refractivity contribution in [3.8, 4) is 39.4 Å². The van der Waals surface area contributed by atoms with Crippen molar-refractivity contribution in [2.45, 2.75) is 0 Å². The SMILES string of the molecule is N#Cc1c(-c2ccccc2)cc(-c2cccc3sc4ccccc4c23)cc1-c1cccc2c1sc1ccccc12. The molecular formula is C37H21NS2. The first-order chi connectivity index (χ1) is 19.8. The summed E-state index contributed by atoms with van der Waals surface area (Å²) in [5.74, 6) is 0. The minimum Gasteiger partial charge on any atom is -0.192 e. The van der Waals surface area contributed by atoms with E-state index in [9.17, 15) is 5.26 Å². The zero-order valence-electron chi connectivity index (χ0n) is 21.4. The summed E-state index contributed by atoms with van der Waals surface area (Å²) in [5.41, 5.74) is 7.13. The summed E-state index contributed by atoms with van der Waals surface area (Å²) in [7, 11) is 0. The van der Waals surface area contributed by atoms with Crippen molar-refractivity contribution in [3.63, 3.8) is 0 Å². The van der Waals surface area contributed by atoms with Gasteiger partial charge in [-0.2, -0.15) is 5.26 Å². The number of nitrogens with zero attached hydrogens (tertiary/aromatic N) is 1. The molecule has 0 radical (unpaired) electrons. The first-order valence-corrected chi connectivity index (χ1v) is 14.9. The molecule has 2 heterocycles. The molecule has 0 aliphatic heterocycles. The highest BCUT2D eigenvalue weighted by molar-refractivity contribution is 7.26. The number of rotatable bonds is 3. The van der Waals surface area contributed by atoms with Crippen LogP contribution >= 0.6 is 22.7 Å². The minimum absolute atomic E-state index is 0.710. The molecule has 0 fully saturated rings. The molecule has 8 rings (SSSR count). The first kappa shape index (κ1) is 23.2. The third-order valence-corrected chi connectivity index (χ3v) is 10.1. The Labute approximate surface area is 239 Å². The van der Waals surface area contributed by atoms with Gasteiger partial charge in [0.25, 0.3) is 0 Å². The predicted molar refractivity (Wildman–Crippen MR) is 173 cm³/mol. The fourth-order valence-electron chi connectivity index (χ4n) is 5.95. The third kappa shape index (κ3) is 3.51. The number of hydrogen-bond donors (Lipinski definition) is 0. The van der Waals surface area contributed by atoms with E-state index in [0.717, 1.165) is 27.8 Å². The van der Waals surface area contributed by atoms with Gasteiger partial charge in [-0.15, -0.1) is 22.7 Å². The van der Waals surface area contributed by atoms with Gasteiger partial charge in [-0.3, -0.25) is 0 Å².